The van der Waals surface area contributed by atoms with Crippen LogP contribution in [0.5, 0.6) is 0 Å². The third kappa shape index (κ3) is 6.74. The molecule has 0 aromatic heterocycles. The number of nitrogens with two attached hydrogens (primary N) is 2. The molecule has 9 heavy (non-hydrogen) atoms. The Morgan fingerprint density at radius 1 is 1.11 bits per heavy atom. The van der Waals surface area contributed by atoms with Crippen LogP contribution in [-0.4, -0.2) is 7.69 Å². The second-order valence-corrected chi connectivity index (χ2v) is 1.26. The summed E-state index contributed by atoms with van der Waals surface area (Å²) in [6, 6.07) is 0. The minimum absolute atomic E-state index is 0.0382. The van der Waals surface area contributed by atoms with Crippen molar-refractivity contribution in [1.82, 2.24) is 0 Å². The van der Waals surface area contributed by atoms with E-state index in [1.165, 1.54) is 0 Å². The average Bonchev–Trinajstić information content (AvgIpc) is 1.63. The van der Waals surface area contributed by atoms with E-state index in [0.29, 0.717) is 0 Å². The number of hydrogen-bond donors (Lipinski definition) is 2. The highest BCUT2D eigenvalue weighted by atomic mass is 16.6. The molecular formula is C4H8BN2O2. The standard InChI is InChI=1S/C4H8BN2O2/c1-3(6)8-5-9-4(2)7/h1-2,6-7H2. The second kappa shape index (κ2) is 3.71. The van der Waals surface area contributed by atoms with Gasteiger partial charge in [0, 0.05) is 0 Å². The van der Waals surface area contributed by atoms with E-state index in [1.807, 2.05) is 0 Å². The predicted molar refractivity (Wildman–Crippen MR) is 34.6 cm³/mol. The molecule has 0 aliphatic heterocycles. The van der Waals surface area contributed by atoms with Gasteiger partial charge in [-0.05, 0) is 13.2 Å². The van der Waals surface area contributed by atoms with Crippen LogP contribution in [0.1, 0.15) is 0 Å². The lowest BCUT2D eigenvalue weighted by Crippen LogP contribution is -2.11. The maximum absolute atomic E-state index is 4.98. The molecule has 5 heteroatoms. The summed E-state index contributed by atoms with van der Waals surface area (Å²) < 4.78 is 8.90. The van der Waals surface area contributed by atoms with Gasteiger partial charge in [0.05, 0.1) is 0 Å². The van der Waals surface area contributed by atoms with Gasteiger partial charge >= 0.3 is 7.69 Å². The van der Waals surface area contributed by atoms with Crippen LogP contribution in [0.25, 0.3) is 0 Å². The van der Waals surface area contributed by atoms with Crippen LogP contribution < -0.4 is 11.5 Å². The summed E-state index contributed by atoms with van der Waals surface area (Å²) >= 11 is 0. The van der Waals surface area contributed by atoms with Gasteiger partial charge in [-0.15, -0.1) is 0 Å². The summed E-state index contributed by atoms with van der Waals surface area (Å²) in [6.45, 7) is 6.45. The van der Waals surface area contributed by atoms with Gasteiger partial charge in [0.25, 0.3) is 0 Å². The van der Waals surface area contributed by atoms with Gasteiger partial charge in [0.15, 0.2) is 11.8 Å². The Kier molecular flexibility index (Phi) is 3.19. The van der Waals surface area contributed by atoms with Crippen molar-refractivity contribution in [1.29, 1.82) is 0 Å². The van der Waals surface area contributed by atoms with Crippen LogP contribution in [0.2, 0.25) is 0 Å². The fourth-order valence-corrected chi connectivity index (χ4v) is 0.148. The van der Waals surface area contributed by atoms with E-state index < -0.39 is 0 Å². The highest BCUT2D eigenvalue weighted by molar-refractivity contribution is 6.18. The molecule has 4 nitrogen and oxygen atoms in total. The molecule has 1 radical (unpaired) electrons. The summed E-state index contributed by atoms with van der Waals surface area (Å²) in [5, 5.41) is 0. The van der Waals surface area contributed by atoms with Gasteiger partial charge in [-0.3, -0.25) is 0 Å². The van der Waals surface area contributed by atoms with E-state index in [0.717, 1.165) is 7.69 Å². The molecule has 0 atom stereocenters. The zero-order valence-corrected chi connectivity index (χ0v) is 4.96. The Labute approximate surface area is 54.4 Å². The van der Waals surface area contributed by atoms with Gasteiger partial charge < -0.3 is 20.8 Å². The SMILES string of the molecule is C=C(N)O[B]OC(=C)N. The molecule has 0 saturated heterocycles. The normalized spacial score (nSPS) is 7.56. The maximum atomic E-state index is 4.98. The minimum atomic E-state index is 0.0382. The monoisotopic (exact) mass is 127 g/mol. The molecule has 0 bridgehead atoms. The molecule has 49 valence electrons. The van der Waals surface area contributed by atoms with E-state index in [1.54, 1.807) is 0 Å². The summed E-state index contributed by atoms with van der Waals surface area (Å²) in [7, 11) is 0.949. The molecule has 0 spiro atoms. The van der Waals surface area contributed by atoms with Crippen molar-refractivity contribution < 1.29 is 9.31 Å². The molecule has 0 fully saturated rings. The fraction of sp³-hybridized carbons (Fsp3) is 0. The zero-order valence-electron chi connectivity index (χ0n) is 4.96. The van der Waals surface area contributed by atoms with Crippen LogP contribution in [0, 0.1) is 0 Å². The predicted octanol–water partition coefficient (Wildman–Crippen LogP) is -0.586. The van der Waals surface area contributed by atoms with Gasteiger partial charge in [0.2, 0.25) is 0 Å². The minimum Gasteiger partial charge on any atom is -0.514 e. The van der Waals surface area contributed by atoms with Gasteiger partial charge in [-0.2, -0.15) is 0 Å². The summed E-state index contributed by atoms with van der Waals surface area (Å²) in [6.07, 6.45) is 0. The van der Waals surface area contributed by atoms with Crippen molar-refractivity contribution >= 4 is 7.69 Å². The van der Waals surface area contributed by atoms with E-state index in [-0.39, 0.29) is 11.8 Å². The Morgan fingerprint density at radius 3 is 1.67 bits per heavy atom. The first-order valence-corrected chi connectivity index (χ1v) is 2.16. The molecule has 0 aromatic rings. The molecule has 4 N–H and O–H groups in total. The highest BCUT2D eigenvalue weighted by Gasteiger charge is 1.95. The Bertz CT molecular complexity index is 112. The topological polar surface area (TPSA) is 70.5 Å². The van der Waals surface area contributed by atoms with Gasteiger partial charge in [0.1, 0.15) is 0 Å². The summed E-state index contributed by atoms with van der Waals surface area (Å²) in [5.41, 5.74) is 9.96. The largest absolute Gasteiger partial charge is 0.660 e. The fourth-order valence-electron chi connectivity index (χ4n) is 0.148. The van der Waals surface area contributed by atoms with E-state index in [2.05, 4.69) is 22.5 Å². The molecular weight excluding hydrogens is 119 g/mol. The average molecular weight is 127 g/mol. The molecule has 0 amide bonds. The molecule has 0 unspecified atom stereocenters. The Hall–Kier alpha value is -1.26. The first-order chi connectivity index (χ1) is 4.13. The van der Waals surface area contributed by atoms with Crippen molar-refractivity contribution in [3.05, 3.63) is 24.9 Å². The lowest BCUT2D eigenvalue weighted by molar-refractivity contribution is 0.321. The van der Waals surface area contributed by atoms with Crippen molar-refractivity contribution in [2.45, 2.75) is 0 Å². The number of hydrogen-bond acceptors (Lipinski definition) is 4. The highest BCUT2D eigenvalue weighted by Crippen LogP contribution is 1.83. The van der Waals surface area contributed by atoms with E-state index in [4.69, 9.17) is 11.5 Å². The first kappa shape index (κ1) is 7.74. The molecule has 0 saturated carbocycles. The molecule has 0 rings (SSSR count). The van der Waals surface area contributed by atoms with Gasteiger partial charge in [-0.25, -0.2) is 0 Å². The third-order valence-corrected chi connectivity index (χ3v) is 0.399. The smallest absolute Gasteiger partial charge is 0.514 e. The van der Waals surface area contributed by atoms with Crippen LogP contribution in [0.15, 0.2) is 24.9 Å². The molecule has 0 aliphatic rings. The molecule has 0 heterocycles. The lowest BCUT2D eigenvalue weighted by atomic mass is 10.4. The van der Waals surface area contributed by atoms with Crippen LogP contribution >= 0.6 is 0 Å². The second-order valence-electron chi connectivity index (χ2n) is 1.26. The summed E-state index contributed by atoms with van der Waals surface area (Å²) in [4.78, 5) is 0. The first-order valence-electron chi connectivity index (χ1n) is 2.16. The van der Waals surface area contributed by atoms with Gasteiger partial charge in [-0.1, -0.05) is 0 Å². The quantitative estimate of drug-likeness (QED) is 0.391. The molecule has 0 aliphatic carbocycles. The third-order valence-electron chi connectivity index (χ3n) is 0.399. The van der Waals surface area contributed by atoms with Crippen molar-refractivity contribution in [2.75, 3.05) is 0 Å². The van der Waals surface area contributed by atoms with E-state index in [9.17, 15) is 0 Å². The Balaban J connectivity index is 3.10. The molecule has 0 aromatic carbocycles. The van der Waals surface area contributed by atoms with Crippen molar-refractivity contribution in [2.24, 2.45) is 11.5 Å². The lowest BCUT2D eigenvalue weighted by Gasteiger charge is -2.02. The van der Waals surface area contributed by atoms with Crippen molar-refractivity contribution in [3.63, 3.8) is 0 Å². The maximum Gasteiger partial charge on any atom is 0.660 e. The van der Waals surface area contributed by atoms with E-state index >= 15 is 0 Å². The van der Waals surface area contributed by atoms with Crippen LogP contribution in [0.3, 0.4) is 0 Å². The zero-order chi connectivity index (χ0) is 7.28. The van der Waals surface area contributed by atoms with Crippen LogP contribution in [-0.2, 0) is 9.31 Å². The number of rotatable bonds is 4. The Morgan fingerprint density at radius 2 is 1.44 bits per heavy atom. The van der Waals surface area contributed by atoms with Crippen LogP contribution in [0.4, 0.5) is 0 Å². The summed E-state index contributed by atoms with van der Waals surface area (Å²) in [5.74, 6) is 0.0764. The van der Waals surface area contributed by atoms with Crippen molar-refractivity contribution in [3.8, 4) is 0 Å².